The first-order valence-electron chi connectivity index (χ1n) is 18.3. The second-order valence-corrected chi connectivity index (χ2v) is 14.5. The molecule has 0 saturated carbocycles. The second kappa shape index (κ2) is 12.2. The van der Waals surface area contributed by atoms with Crippen LogP contribution >= 0.6 is 0 Å². The quantitative estimate of drug-likeness (QED) is 0.174. The first kappa shape index (κ1) is 31.1. The number of rotatable bonds is 6. The fourth-order valence-corrected chi connectivity index (χ4v) is 8.31. The third kappa shape index (κ3) is 5.08. The van der Waals surface area contributed by atoms with E-state index in [1.165, 1.54) is 66.4 Å². The minimum Gasteiger partial charge on any atom is -0.311 e. The lowest BCUT2D eigenvalue weighted by Gasteiger charge is -2.33. The molecule has 0 amide bonds. The summed E-state index contributed by atoms with van der Waals surface area (Å²) >= 11 is 0. The summed E-state index contributed by atoms with van der Waals surface area (Å²) in [5, 5.41) is 2.54. The molecule has 10 rings (SSSR count). The Hall–Kier alpha value is -6.71. The molecule has 53 heavy (non-hydrogen) atoms. The number of fused-ring (bicyclic) bond motifs is 5. The third-order valence-electron chi connectivity index (χ3n) is 11.0. The number of pyridine rings is 1. The van der Waals surface area contributed by atoms with Gasteiger partial charge in [0.1, 0.15) is 0 Å². The Morgan fingerprint density at radius 1 is 0.453 bits per heavy atom. The molecule has 3 nitrogen and oxygen atoms in total. The van der Waals surface area contributed by atoms with Crippen LogP contribution in [0.2, 0.25) is 0 Å². The molecule has 0 unspecified atom stereocenters. The van der Waals surface area contributed by atoms with Crippen LogP contribution in [0.1, 0.15) is 25.1 Å². The van der Waals surface area contributed by atoms with Crippen LogP contribution in [0.15, 0.2) is 188 Å². The zero-order valence-electron chi connectivity index (χ0n) is 29.7. The highest BCUT2D eigenvalue weighted by molar-refractivity contribution is 6.12. The second-order valence-electron chi connectivity index (χ2n) is 14.5. The molecule has 0 spiro atoms. The Morgan fingerprint density at radius 3 is 1.53 bits per heavy atom. The predicted octanol–water partition coefficient (Wildman–Crippen LogP) is 13.3. The monoisotopic (exact) mass is 679 g/mol. The Bertz CT molecular complexity index is 2680. The van der Waals surface area contributed by atoms with Crippen LogP contribution in [0, 0.1) is 0 Å². The maximum Gasteiger partial charge on any atom is 0.0744 e. The Balaban J connectivity index is 1.05. The minimum atomic E-state index is -0.186. The van der Waals surface area contributed by atoms with Crippen LogP contribution < -0.4 is 4.90 Å². The molecule has 0 fully saturated rings. The zero-order chi connectivity index (χ0) is 35.5. The molecular weight excluding hydrogens is 643 g/mol. The van der Waals surface area contributed by atoms with Crippen molar-refractivity contribution in [2.75, 3.05) is 4.90 Å². The maximum absolute atomic E-state index is 4.89. The first-order valence-corrected chi connectivity index (χ1v) is 18.3. The van der Waals surface area contributed by atoms with Crippen molar-refractivity contribution < 1.29 is 0 Å². The van der Waals surface area contributed by atoms with E-state index < -0.39 is 0 Å². The topological polar surface area (TPSA) is 21.1 Å². The van der Waals surface area contributed by atoms with Gasteiger partial charge in [-0.25, -0.2) is 0 Å². The van der Waals surface area contributed by atoms with E-state index in [4.69, 9.17) is 4.98 Å². The lowest BCUT2D eigenvalue weighted by atomic mass is 9.77. The zero-order valence-corrected chi connectivity index (χ0v) is 29.7. The highest BCUT2D eigenvalue weighted by Gasteiger charge is 2.36. The molecule has 0 bridgehead atoms. The molecule has 7 aromatic carbocycles. The number of aromatic nitrogens is 2. The highest BCUT2D eigenvalue weighted by atomic mass is 15.1. The van der Waals surface area contributed by atoms with E-state index in [9.17, 15) is 0 Å². The van der Waals surface area contributed by atoms with Crippen molar-refractivity contribution in [3.63, 3.8) is 0 Å². The predicted molar refractivity (Wildman–Crippen MR) is 222 cm³/mol. The Kier molecular flexibility index (Phi) is 7.16. The molecule has 1 aliphatic heterocycles. The van der Waals surface area contributed by atoms with Gasteiger partial charge in [0.05, 0.1) is 22.4 Å². The largest absolute Gasteiger partial charge is 0.311 e. The van der Waals surface area contributed by atoms with Crippen LogP contribution in [0.4, 0.5) is 17.1 Å². The van der Waals surface area contributed by atoms with Gasteiger partial charge in [0.2, 0.25) is 0 Å². The molecule has 1 aliphatic rings. The normalized spacial score (nSPS) is 12.9. The average molecular weight is 680 g/mol. The van der Waals surface area contributed by atoms with Gasteiger partial charge in [-0.15, -0.1) is 0 Å². The van der Waals surface area contributed by atoms with E-state index in [1.54, 1.807) is 0 Å². The van der Waals surface area contributed by atoms with Crippen LogP contribution in [-0.2, 0) is 5.41 Å². The number of nitrogens with zero attached hydrogens (tertiary/aromatic N) is 3. The number of para-hydroxylation sites is 1. The van der Waals surface area contributed by atoms with E-state index in [0.29, 0.717) is 0 Å². The molecule has 0 atom stereocenters. The number of hydrogen-bond acceptors (Lipinski definition) is 2. The fourth-order valence-electron chi connectivity index (χ4n) is 8.31. The lowest BCUT2D eigenvalue weighted by molar-refractivity contribution is 0.606. The van der Waals surface area contributed by atoms with Crippen molar-refractivity contribution in [1.82, 2.24) is 9.55 Å². The van der Waals surface area contributed by atoms with Crippen molar-refractivity contribution in [2.45, 2.75) is 19.3 Å². The van der Waals surface area contributed by atoms with Gasteiger partial charge >= 0.3 is 0 Å². The molecule has 2 aromatic heterocycles. The lowest BCUT2D eigenvalue weighted by Crippen LogP contribution is -2.27. The van der Waals surface area contributed by atoms with Crippen molar-refractivity contribution in [2.24, 2.45) is 0 Å². The van der Waals surface area contributed by atoms with Crippen LogP contribution in [0.25, 0.3) is 60.9 Å². The number of anilines is 3. The van der Waals surface area contributed by atoms with E-state index >= 15 is 0 Å². The summed E-state index contributed by atoms with van der Waals surface area (Å²) in [6.45, 7) is 4.58. The minimum absolute atomic E-state index is 0.186. The van der Waals surface area contributed by atoms with Gasteiger partial charge in [-0.3, -0.25) is 4.98 Å². The van der Waals surface area contributed by atoms with Crippen molar-refractivity contribution in [3.05, 3.63) is 199 Å². The highest BCUT2D eigenvalue weighted by Crippen LogP contribution is 2.47. The summed E-state index contributed by atoms with van der Waals surface area (Å²) in [7, 11) is 0. The van der Waals surface area contributed by atoms with Gasteiger partial charge in [0.25, 0.3) is 0 Å². The molecular formula is C50H37N3. The summed E-state index contributed by atoms with van der Waals surface area (Å²) in [5.41, 5.74) is 16.4. The third-order valence-corrected chi connectivity index (χ3v) is 11.0. The standard InChI is InChI=1S/C50H37N3/c1-50(2)45-16-9-15-43-44-33-39(24-31-46(44)53(48(43)45)47-17-10-32-51-49(47)50)38-22-29-42(30-23-38)52(40-25-18-36(19-26-40)34-11-5-3-6-12-34)41-27-20-37(21-28-41)35-13-7-4-8-14-35/h3-33H,1-2H3. The summed E-state index contributed by atoms with van der Waals surface area (Å²) in [5.74, 6) is 0. The maximum atomic E-state index is 4.89. The molecule has 3 heterocycles. The van der Waals surface area contributed by atoms with Gasteiger partial charge in [0.15, 0.2) is 0 Å². The van der Waals surface area contributed by atoms with E-state index in [2.05, 4.69) is 205 Å². The SMILES string of the molecule is CC1(C)c2ncccc2-n2c3ccc(-c4ccc(N(c5ccc(-c6ccccc6)cc5)c5ccc(-c6ccccc6)cc5)cc4)cc3c3cccc1c32. The fraction of sp³-hybridized carbons (Fsp3) is 0.0600. The first-order chi connectivity index (χ1) is 26.0. The number of hydrogen-bond donors (Lipinski definition) is 0. The molecule has 0 aliphatic carbocycles. The Labute approximate surface area is 310 Å². The van der Waals surface area contributed by atoms with E-state index in [0.717, 1.165) is 22.8 Å². The average Bonchev–Trinajstić information content (AvgIpc) is 3.56. The number of benzene rings is 7. The van der Waals surface area contributed by atoms with Gasteiger partial charge in [-0.05, 0) is 113 Å². The van der Waals surface area contributed by atoms with Gasteiger partial charge in [0, 0.05) is 39.4 Å². The van der Waals surface area contributed by atoms with Crippen LogP contribution in [0.3, 0.4) is 0 Å². The summed E-state index contributed by atoms with van der Waals surface area (Å²) in [6, 6.07) is 65.8. The molecule has 252 valence electrons. The summed E-state index contributed by atoms with van der Waals surface area (Å²) in [6.07, 6.45) is 1.92. The van der Waals surface area contributed by atoms with Crippen molar-refractivity contribution in [1.29, 1.82) is 0 Å². The van der Waals surface area contributed by atoms with Crippen LogP contribution in [-0.4, -0.2) is 9.55 Å². The van der Waals surface area contributed by atoms with Crippen molar-refractivity contribution in [3.8, 4) is 39.1 Å². The van der Waals surface area contributed by atoms with E-state index in [-0.39, 0.29) is 5.41 Å². The summed E-state index contributed by atoms with van der Waals surface area (Å²) in [4.78, 5) is 7.23. The van der Waals surface area contributed by atoms with Gasteiger partial charge in [-0.1, -0.05) is 121 Å². The Morgan fingerprint density at radius 2 is 0.962 bits per heavy atom. The molecule has 0 radical (unpaired) electrons. The molecule has 3 heteroatoms. The van der Waals surface area contributed by atoms with Gasteiger partial charge in [-0.2, -0.15) is 0 Å². The summed E-state index contributed by atoms with van der Waals surface area (Å²) < 4.78 is 2.42. The molecule has 0 N–H and O–H groups in total. The molecule has 9 aromatic rings. The van der Waals surface area contributed by atoms with Crippen molar-refractivity contribution >= 4 is 38.9 Å². The molecule has 0 saturated heterocycles. The van der Waals surface area contributed by atoms with E-state index in [1.807, 2.05) is 6.20 Å². The smallest absolute Gasteiger partial charge is 0.0744 e. The van der Waals surface area contributed by atoms with Crippen LogP contribution in [0.5, 0.6) is 0 Å². The van der Waals surface area contributed by atoms with Gasteiger partial charge < -0.3 is 9.47 Å².